The molecule has 0 amide bonds. The molecule has 0 heterocycles. The highest BCUT2D eigenvalue weighted by Gasteiger charge is 2.08. The second-order valence-electron chi connectivity index (χ2n) is 3.95. The molecule has 4 heteroatoms. The van der Waals surface area contributed by atoms with E-state index in [2.05, 4.69) is 11.8 Å². The lowest BCUT2D eigenvalue weighted by molar-refractivity contribution is 0.0685. The fourth-order valence-corrected chi connectivity index (χ4v) is 1.69. The lowest BCUT2D eigenvalue weighted by Crippen LogP contribution is -2.00. The summed E-state index contributed by atoms with van der Waals surface area (Å²) in [6, 6.07) is 12.7. The van der Waals surface area contributed by atoms with Crippen molar-refractivity contribution in [3.63, 3.8) is 0 Å². The molecule has 2 N–H and O–H groups in total. The van der Waals surface area contributed by atoms with Crippen molar-refractivity contribution in [2.24, 2.45) is 0 Å². The highest BCUT2D eigenvalue weighted by molar-refractivity contribution is 5.92. The molecule has 0 radical (unpaired) electrons. The molecule has 0 aromatic heterocycles. The molecular weight excluding hydrogens is 256 g/mol. The van der Waals surface area contributed by atoms with Crippen molar-refractivity contribution < 1.29 is 19.8 Å². The molecule has 2 aromatic carbocycles. The largest absolute Gasteiger partial charge is 0.478 e. The zero-order valence-corrected chi connectivity index (χ0v) is 10.3. The van der Waals surface area contributed by atoms with Gasteiger partial charge in [-0.1, -0.05) is 36.1 Å². The Kier molecular flexibility index (Phi) is 3.82. The van der Waals surface area contributed by atoms with Crippen molar-refractivity contribution >= 4 is 11.9 Å². The quantitative estimate of drug-likeness (QED) is 0.819. The van der Waals surface area contributed by atoms with Crippen LogP contribution in [0, 0.1) is 11.8 Å². The Bertz CT molecular complexity index is 674. The molecule has 20 heavy (non-hydrogen) atoms. The van der Waals surface area contributed by atoms with E-state index in [0.717, 1.165) is 0 Å². The van der Waals surface area contributed by atoms with E-state index in [4.69, 9.17) is 10.2 Å². The van der Waals surface area contributed by atoms with Gasteiger partial charge in [0.05, 0.1) is 11.1 Å². The van der Waals surface area contributed by atoms with E-state index in [1.807, 2.05) is 0 Å². The molecule has 0 saturated carbocycles. The topological polar surface area (TPSA) is 74.6 Å². The predicted molar refractivity (Wildman–Crippen MR) is 72.8 cm³/mol. The molecule has 4 nitrogen and oxygen atoms in total. The van der Waals surface area contributed by atoms with E-state index < -0.39 is 11.9 Å². The summed E-state index contributed by atoms with van der Waals surface area (Å²) in [6.45, 7) is 0. The summed E-state index contributed by atoms with van der Waals surface area (Å²) in [5.41, 5.74) is 0.876. The molecule has 0 spiro atoms. The van der Waals surface area contributed by atoms with Gasteiger partial charge in [0.25, 0.3) is 0 Å². The van der Waals surface area contributed by atoms with E-state index in [1.54, 1.807) is 36.4 Å². The first kappa shape index (κ1) is 13.4. The molecule has 0 unspecified atom stereocenters. The highest BCUT2D eigenvalue weighted by Crippen LogP contribution is 2.10. The summed E-state index contributed by atoms with van der Waals surface area (Å²) < 4.78 is 0. The van der Waals surface area contributed by atoms with Crippen LogP contribution in [0.15, 0.2) is 48.5 Å². The fourth-order valence-electron chi connectivity index (χ4n) is 1.69. The number of aromatic carboxylic acids is 2. The van der Waals surface area contributed by atoms with Gasteiger partial charge in [0, 0.05) is 11.1 Å². The molecule has 0 bridgehead atoms. The van der Waals surface area contributed by atoms with Crippen molar-refractivity contribution in [1.29, 1.82) is 0 Å². The average molecular weight is 266 g/mol. The number of hydrogen-bond donors (Lipinski definition) is 2. The van der Waals surface area contributed by atoms with Crippen LogP contribution >= 0.6 is 0 Å². The van der Waals surface area contributed by atoms with Gasteiger partial charge in [0.2, 0.25) is 0 Å². The van der Waals surface area contributed by atoms with Gasteiger partial charge >= 0.3 is 11.9 Å². The predicted octanol–water partition coefficient (Wildman–Crippen LogP) is 2.48. The molecule has 98 valence electrons. The summed E-state index contributed by atoms with van der Waals surface area (Å²) in [6.07, 6.45) is 0. The lowest BCUT2D eigenvalue weighted by Gasteiger charge is -1.99. The maximum atomic E-state index is 11.0. The fraction of sp³-hybridized carbons (Fsp3) is 0. The Morgan fingerprint density at radius 3 is 1.40 bits per heavy atom. The monoisotopic (exact) mass is 266 g/mol. The van der Waals surface area contributed by atoms with E-state index in [-0.39, 0.29) is 11.1 Å². The standard InChI is InChI=1S/C16H10O4/c17-15(18)13-7-3-1-5-11(13)9-10-12-6-2-4-8-14(12)16(19)20/h1-8H,(H,17,18)(H,19,20). The Morgan fingerprint density at radius 2 is 1.05 bits per heavy atom. The lowest BCUT2D eigenvalue weighted by atomic mass is 10.1. The number of hydrogen-bond acceptors (Lipinski definition) is 2. The van der Waals surface area contributed by atoms with E-state index in [1.165, 1.54) is 12.1 Å². The van der Waals surface area contributed by atoms with Crippen LogP contribution < -0.4 is 0 Å². The number of carboxylic acid groups (broad SMARTS) is 2. The summed E-state index contributed by atoms with van der Waals surface area (Å²) in [5.74, 6) is 3.29. The molecule has 0 saturated heterocycles. The van der Waals surface area contributed by atoms with E-state index in [9.17, 15) is 9.59 Å². The first-order valence-corrected chi connectivity index (χ1v) is 5.76. The SMILES string of the molecule is O=C(O)c1ccccc1C#Cc1ccccc1C(=O)O. The Balaban J connectivity index is 2.47. The summed E-state index contributed by atoms with van der Waals surface area (Å²) in [5, 5.41) is 18.1. The first-order valence-electron chi connectivity index (χ1n) is 5.76. The van der Waals surface area contributed by atoms with Crippen molar-refractivity contribution in [2.75, 3.05) is 0 Å². The van der Waals surface area contributed by atoms with Crippen molar-refractivity contribution in [3.8, 4) is 11.8 Å². The molecular formula is C16H10O4. The van der Waals surface area contributed by atoms with Crippen LogP contribution in [0.2, 0.25) is 0 Å². The van der Waals surface area contributed by atoms with Crippen LogP contribution in [0.5, 0.6) is 0 Å². The summed E-state index contributed by atoms with van der Waals surface area (Å²) in [4.78, 5) is 22.1. The van der Waals surface area contributed by atoms with Gasteiger partial charge in [-0.3, -0.25) is 0 Å². The summed E-state index contributed by atoms with van der Waals surface area (Å²) in [7, 11) is 0. The van der Waals surface area contributed by atoms with E-state index in [0.29, 0.717) is 11.1 Å². The number of benzene rings is 2. The van der Waals surface area contributed by atoms with Crippen LogP contribution in [0.25, 0.3) is 0 Å². The molecule has 0 aliphatic rings. The number of carbonyl (C=O) groups is 2. The Hall–Kier alpha value is -3.06. The number of carboxylic acids is 2. The third kappa shape index (κ3) is 2.85. The van der Waals surface area contributed by atoms with Gasteiger partial charge in [-0.2, -0.15) is 0 Å². The van der Waals surface area contributed by atoms with Crippen LogP contribution in [0.3, 0.4) is 0 Å². The Morgan fingerprint density at radius 1 is 0.700 bits per heavy atom. The minimum absolute atomic E-state index is 0.0906. The molecule has 2 rings (SSSR count). The number of rotatable bonds is 2. The van der Waals surface area contributed by atoms with Gasteiger partial charge in [0.1, 0.15) is 0 Å². The van der Waals surface area contributed by atoms with E-state index >= 15 is 0 Å². The zero-order valence-electron chi connectivity index (χ0n) is 10.3. The summed E-state index contributed by atoms with van der Waals surface area (Å²) >= 11 is 0. The minimum Gasteiger partial charge on any atom is -0.478 e. The van der Waals surface area contributed by atoms with Gasteiger partial charge < -0.3 is 10.2 Å². The zero-order chi connectivity index (χ0) is 14.5. The van der Waals surface area contributed by atoms with Crippen LogP contribution in [0.1, 0.15) is 31.8 Å². The van der Waals surface area contributed by atoms with Gasteiger partial charge in [-0.25, -0.2) is 9.59 Å². The smallest absolute Gasteiger partial charge is 0.336 e. The van der Waals surface area contributed by atoms with Crippen LogP contribution in [-0.4, -0.2) is 22.2 Å². The van der Waals surface area contributed by atoms with Gasteiger partial charge in [0.15, 0.2) is 0 Å². The van der Waals surface area contributed by atoms with Crippen molar-refractivity contribution in [3.05, 3.63) is 70.8 Å². The minimum atomic E-state index is -1.07. The third-order valence-electron chi connectivity index (χ3n) is 2.65. The van der Waals surface area contributed by atoms with Crippen molar-refractivity contribution in [2.45, 2.75) is 0 Å². The normalized spacial score (nSPS) is 9.40. The second kappa shape index (κ2) is 5.72. The van der Waals surface area contributed by atoms with Gasteiger partial charge in [-0.15, -0.1) is 0 Å². The first-order chi connectivity index (χ1) is 9.59. The van der Waals surface area contributed by atoms with Crippen LogP contribution in [-0.2, 0) is 0 Å². The molecule has 0 fully saturated rings. The molecule has 2 aromatic rings. The highest BCUT2D eigenvalue weighted by atomic mass is 16.4. The van der Waals surface area contributed by atoms with Crippen molar-refractivity contribution in [1.82, 2.24) is 0 Å². The molecule has 0 atom stereocenters. The third-order valence-corrected chi connectivity index (χ3v) is 2.65. The maximum absolute atomic E-state index is 11.0. The Labute approximate surface area is 115 Å². The average Bonchev–Trinajstić information content (AvgIpc) is 2.45. The van der Waals surface area contributed by atoms with Gasteiger partial charge in [-0.05, 0) is 24.3 Å². The molecule has 0 aliphatic carbocycles. The maximum Gasteiger partial charge on any atom is 0.336 e. The van der Waals surface area contributed by atoms with Crippen LogP contribution in [0.4, 0.5) is 0 Å². The molecule has 0 aliphatic heterocycles. The second-order valence-corrected chi connectivity index (χ2v) is 3.95.